The molecule has 2 N–H and O–H groups in total. The first kappa shape index (κ1) is 23.3. The molecule has 2 heterocycles. The zero-order chi connectivity index (χ0) is 24.2. The number of halogens is 2. The first-order chi connectivity index (χ1) is 16.1. The third kappa shape index (κ3) is 4.21. The Morgan fingerprint density at radius 1 is 1.24 bits per heavy atom. The summed E-state index contributed by atoms with van der Waals surface area (Å²) in [5.74, 6) is -0.791. The smallest absolute Gasteiger partial charge is 0.256 e. The summed E-state index contributed by atoms with van der Waals surface area (Å²) in [6, 6.07) is 13.2. The van der Waals surface area contributed by atoms with Gasteiger partial charge < -0.3 is 5.32 Å². The quantitative estimate of drug-likeness (QED) is 0.366. The van der Waals surface area contributed by atoms with Gasteiger partial charge in [-0.25, -0.2) is 4.98 Å². The molecule has 1 unspecified atom stereocenters. The van der Waals surface area contributed by atoms with E-state index >= 15 is 0 Å². The SMILES string of the molecule is CC1=C(C(=O)Nc2nc3ccc(Br)cc3s2)C(c2ccccc2Cl)C2=C(CC(C)(C)CC2=O)N1. The highest BCUT2D eigenvalue weighted by Gasteiger charge is 2.43. The molecule has 1 atom stereocenters. The van der Waals surface area contributed by atoms with Crippen molar-refractivity contribution in [2.45, 2.75) is 39.5 Å². The minimum atomic E-state index is -0.544. The van der Waals surface area contributed by atoms with Crippen LogP contribution < -0.4 is 10.6 Å². The fourth-order valence-electron chi connectivity index (χ4n) is 4.87. The molecule has 2 aliphatic rings. The van der Waals surface area contributed by atoms with Gasteiger partial charge in [0.2, 0.25) is 0 Å². The maximum atomic E-state index is 13.7. The Morgan fingerprint density at radius 2 is 2.00 bits per heavy atom. The van der Waals surface area contributed by atoms with Gasteiger partial charge in [0, 0.05) is 44.4 Å². The second kappa shape index (κ2) is 8.63. The topological polar surface area (TPSA) is 71.1 Å². The summed E-state index contributed by atoms with van der Waals surface area (Å²) in [4.78, 5) is 31.7. The zero-order valence-corrected chi connectivity index (χ0v) is 22.1. The van der Waals surface area contributed by atoms with E-state index in [0.29, 0.717) is 27.7 Å². The fraction of sp³-hybridized carbons (Fsp3) is 0.269. The molecule has 3 aromatic rings. The van der Waals surface area contributed by atoms with Gasteiger partial charge in [-0.1, -0.05) is 70.9 Å². The van der Waals surface area contributed by atoms with E-state index in [4.69, 9.17) is 11.6 Å². The van der Waals surface area contributed by atoms with Crippen LogP contribution in [0.1, 0.15) is 45.1 Å². The van der Waals surface area contributed by atoms with Gasteiger partial charge in [-0.15, -0.1) is 0 Å². The van der Waals surface area contributed by atoms with Crippen molar-refractivity contribution < 1.29 is 9.59 Å². The van der Waals surface area contributed by atoms with Crippen molar-refractivity contribution in [1.29, 1.82) is 0 Å². The van der Waals surface area contributed by atoms with Gasteiger partial charge in [-0.2, -0.15) is 0 Å². The highest BCUT2D eigenvalue weighted by Crippen LogP contribution is 2.48. The number of benzene rings is 2. The van der Waals surface area contributed by atoms with Gasteiger partial charge in [0.15, 0.2) is 10.9 Å². The van der Waals surface area contributed by atoms with Gasteiger partial charge in [-0.3, -0.25) is 14.9 Å². The minimum Gasteiger partial charge on any atom is -0.362 e. The van der Waals surface area contributed by atoms with Gasteiger partial charge in [-0.05, 0) is 48.6 Å². The number of Topliss-reactive ketones (excluding diaryl/α,β-unsaturated/α-hetero) is 1. The first-order valence-electron chi connectivity index (χ1n) is 11.0. The number of anilines is 1. The molecular formula is C26H23BrClN3O2S. The molecule has 8 heteroatoms. The van der Waals surface area contributed by atoms with Crippen LogP contribution in [0, 0.1) is 5.41 Å². The second-order valence-electron chi connectivity index (χ2n) is 9.54. The average molecular weight is 557 g/mol. The number of fused-ring (bicyclic) bond motifs is 1. The molecule has 0 saturated carbocycles. The standard InChI is InChI=1S/C26H23BrClN3O2S/c1-13-21(24(33)31-25-30-17-9-8-14(27)10-20(17)34-25)22(15-6-4-5-7-16(15)28)23-18(29-13)11-26(2,3)12-19(23)32/h4-10,22,29H,11-12H2,1-3H3,(H,30,31,33). The molecular weight excluding hydrogens is 534 g/mol. The number of rotatable bonds is 3. The molecule has 34 heavy (non-hydrogen) atoms. The number of ketones is 1. The van der Waals surface area contributed by atoms with Gasteiger partial charge in [0.05, 0.1) is 10.2 Å². The average Bonchev–Trinajstić information content (AvgIpc) is 3.13. The van der Waals surface area contributed by atoms with Crippen molar-refractivity contribution in [1.82, 2.24) is 10.3 Å². The lowest BCUT2D eigenvalue weighted by Gasteiger charge is -2.39. The van der Waals surface area contributed by atoms with E-state index < -0.39 is 5.92 Å². The molecule has 0 saturated heterocycles. The first-order valence-corrected chi connectivity index (χ1v) is 13.0. The van der Waals surface area contributed by atoms with Crippen LogP contribution in [0.2, 0.25) is 5.02 Å². The molecule has 0 spiro atoms. The van der Waals surface area contributed by atoms with E-state index in [-0.39, 0.29) is 17.1 Å². The Bertz CT molecular complexity index is 1420. The lowest BCUT2D eigenvalue weighted by atomic mass is 9.68. The second-order valence-corrected chi connectivity index (χ2v) is 11.9. The van der Waals surface area contributed by atoms with Crippen LogP contribution >= 0.6 is 38.9 Å². The van der Waals surface area contributed by atoms with E-state index in [1.807, 2.05) is 43.3 Å². The van der Waals surface area contributed by atoms with E-state index in [2.05, 4.69) is 45.4 Å². The summed E-state index contributed by atoms with van der Waals surface area (Å²) in [5.41, 5.74) is 4.14. The molecule has 1 aliphatic heterocycles. The summed E-state index contributed by atoms with van der Waals surface area (Å²) in [6.07, 6.45) is 1.16. The Balaban J connectivity index is 1.58. The third-order valence-electron chi connectivity index (χ3n) is 6.27. The third-order valence-corrected chi connectivity index (χ3v) is 8.04. The number of dihydropyridines is 1. The number of hydrogen-bond donors (Lipinski definition) is 2. The van der Waals surface area contributed by atoms with Crippen LogP contribution in [-0.4, -0.2) is 16.7 Å². The minimum absolute atomic E-state index is 0.0475. The number of amides is 1. The maximum Gasteiger partial charge on any atom is 0.256 e. The number of nitrogens with one attached hydrogen (secondary N) is 2. The zero-order valence-electron chi connectivity index (χ0n) is 19.0. The monoisotopic (exact) mass is 555 g/mol. The highest BCUT2D eigenvalue weighted by atomic mass is 79.9. The molecule has 1 aromatic heterocycles. The number of hydrogen-bond acceptors (Lipinski definition) is 5. The highest BCUT2D eigenvalue weighted by molar-refractivity contribution is 9.10. The van der Waals surface area contributed by atoms with Crippen LogP contribution in [-0.2, 0) is 9.59 Å². The summed E-state index contributed by atoms with van der Waals surface area (Å²) in [7, 11) is 0. The Kier molecular flexibility index (Phi) is 5.91. The van der Waals surface area contributed by atoms with Crippen LogP contribution in [0.3, 0.4) is 0 Å². The number of nitrogens with zero attached hydrogens (tertiary/aromatic N) is 1. The lowest BCUT2D eigenvalue weighted by Crippen LogP contribution is -2.39. The summed E-state index contributed by atoms with van der Waals surface area (Å²) in [5, 5.41) is 7.40. The Hall–Kier alpha value is -2.48. The Labute approximate surface area is 215 Å². The van der Waals surface area contributed by atoms with Crippen molar-refractivity contribution in [2.75, 3.05) is 5.32 Å². The van der Waals surface area contributed by atoms with Crippen molar-refractivity contribution >= 4 is 65.9 Å². The summed E-state index contributed by atoms with van der Waals surface area (Å²) in [6.45, 7) is 6.06. The molecule has 1 aliphatic carbocycles. The van der Waals surface area contributed by atoms with Crippen molar-refractivity contribution in [3.05, 3.63) is 80.1 Å². The van der Waals surface area contributed by atoms with Crippen molar-refractivity contribution in [2.24, 2.45) is 5.41 Å². The summed E-state index contributed by atoms with van der Waals surface area (Å²) < 4.78 is 1.92. The predicted molar refractivity (Wildman–Crippen MR) is 141 cm³/mol. The van der Waals surface area contributed by atoms with E-state index in [0.717, 1.165) is 38.1 Å². The number of aromatic nitrogens is 1. The van der Waals surface area contributed by atoms with Crippen LogP contribution in [0.15, 0.2) is 69.5 Å². The van der Waals surface area contributed by atoms with E-state index in [1.54, 1.807) is 6.07 Å². The van der Waals surface area contributed by atoms with Gasteiger partial charge in [0.1, 0.15) is 0 Å². The number of carbonyl (C=O) groups is 2. The molecule has 5 nitrogen and oxygen atoms in total. The van der Waals surface area contributed by atoms with Gasteiger partial charge in [0.25, 0.3) is 5.91 Å². The van der Waals surface area contributed by atoms with E-state index in [1.165, 1.54) is 11.3 Å². The van der Waals surface area contributed by atoms with Crippen molar-refractivity contribution in [3.63, 3.8) is 0 Å². The van der Waals surface area contributed by atoms with Gasteiger partial charge >= 0.3 is 0 Å². The molecule has 174 valence electrons. The lowest BCUT2D eigenvalue weighted by molar-refractivity contribution is -0.118. The van der Waals surface area contributed by atoms with Crippen LogP contribution in [0.4, 0.5) is 5.13 Å². The molecule has 2 aromatic carbocycles. The van der Waals surface area contributed by atoms with Crippen LogP contribution in [0.25, 0.3) is 10.2 Å². The molecule has 0 fully saturated rings. The predicted octanol–water partition coefficient (Wildman–Crippen LogP) is 6.95. The number of thiazole rings is 1. The largest absolute Gasteiger partial charge is 0.362 e. The van der Waals surface area contributed by atoms with Crippen LogP contribution in [0.5, 0.6) is 0 Å². The Morgan fingerprint density at radius 3 is 2.76 bits per heavy atom. The van der Waals surface area contributed by atoms with Crippen molar-refractivity contribution in [3.8, 4) is 0 Å². The number of carbonyl (C=O) groups excluding carboxylic acids is 2. The molecule has 0 radical (unpaired) electrons. The molecule has 0 bridgehead atoms. The fourth-order valence-corrected chi connectivity index (χ4v) is 6.53. The maximum absolute atomic E-state index is 13.7. The molecule has 1 amide bonds. The molecule has 5 rings (SSSR count). The number of allylic oxidation sites excluding steroid dienone is 3. The van der Waals surface area contributed by atoms with E-state index in [9.17, 15) is 9.59 Å². The normalized spacial score (nSPS) is 19.8. The summed E-state index contributed by atoms with van der Waals surface area (Å²) >= 11 is 11.5.